The first-order chi connectivity index (χ1) is 9.16. The van der Waals surface area contributed by atoms with Crippen LogP contribution in [0, 0.1) is 5.92 Å². The quantitative estimate of drug-likeness (QED) is 0.886. The van der Waals surface area contributed by atoms with Crippen LogP contribution in [0.5, 0.6) is 0 Å². The van der Waals surface area contributed by atoms with Crippen molar-refractivity contribution in [1.82, 2.24) is 9.47 Å². The second-order valence-electron chi connectivity index (χ2n) is 5.97. The highest BCUT2D eigenvalue weighted by molar-refractivity contribution is 5.93. The Morgan fingerprint density at radius 2 is 2.16 bits per heavy atom. The summed E-state index contributed by atoms with van der Waals surface area (Å²) >= 11 is 0. The lowest BCUT2D eigenvalue weighted by molar-refractivity contribution is 0.0288. The Morgan fingerprint density at radius 1 is 1.37 bits per heavy atom. The van der Waals surface area contributed by atoms with Gasteiger partial charge >= 0.3 is 0 Å². The highest BCUT2D eigenvalue weighted by atomic mass is 16.3. The van der Waals surface area contributed by atoms with Crippen molar-refractivity contribution in [3.8, 4) is 0 Å². The summed E-state index contributed by atoms with van der Waals surface area (Å²) in [4.78, 5) is 14.5. The molecule has 1 aromatic heterocycles. The predicted molar refractivity (Wildman–Crippen MR) is 73.0 cm³/mol. The van der Waals surface area contributed by atoms with Crippen LogP contribution in [0.4, 0.5) is 0 Å². The van der Waals surface area contributed by atoms with Crippen molar-refractivity contribution >= 4 is 5.91 Å². The molecule has 2 fully saturated rings. The zero-order chi connectivity index (χ0) is 13.4. The third-order valence-corrected chi connectivity index (χ3v) is 4.61. The van der Waals surface area contributed by atoms with E-state index < -0.39 is 0 Å². The van der Waals surface area contributed by atoms with E-state index in [1.807, 2.05) is 30.2 Å². The summed E-state index contributed by atoms with van der Waals surface area (Å²) in [6.07, 6.45) is 6.09. The van der Waals surface area contributed by atoms with Gasteiger partial charge in [0.25, 0.3) is 5.91 Å². The summed E-state index contributed by atoms with van der Waals surface area (Å²) in [5.74, 6) is 0.292. The maximum absolute atomic E-state index is 12.6. The molecule has 3 rings (SSSR count). The Hall–Kier alpha value is -1.29. The zero-order valence-electron chi connectivity index (χ0n) is 11.5. The minimum Gasteiger partial charge on any atom is -0.393 e. The summed E-state index contributed by atoms with van der Waals surface area (Å²) in [5.41, 5.74) is 0.813. The Labute approximate surface area is 114 Å². The summed E-state index contributed by atoms with van der Waals surface area (Å²) in [7, 11) is 0. The van der Waals surface area contributed by atoms with Crippen molar-refractivity contribution in [2.75, 3.05) is 13.1 Å². The standard InChI is InChI=1S/C15H22N2O2/c1-11-10-16(9-7-14(11)18)15(19)13-6-3-8-17(13)12-4-2-5-12/h3,6,8,11-12,14,18H,2,4-5,7,9-10H2,1H3. The minimum absolute atomic E-state index is 0.121. The van der Waals surface area contributed by atoms with Gasteiger partial charge in [-0.3, -0.25) is 4.79 Å². The van der Waals surface area contributed by atoms with E-state index in [0.29, 0.717) is 25.6 Å². The van der Waals surface area contributed by atoms with Crippen molar-refractivity contribution in [3.63, 3.8) is 0 Å². The van der Waals surface area contributed by atoms with Crippen LogP contribution in [-0.2, 0) is 0 Å². The molecule has 1 aromatic rings. The number of piperidine rings is 1. The van der Waals surface area contributed by atoms with Crippen molar-refractivity contribution in [3.05, 3.63) is 24.0 Å². The monoisotopic (exact) mass is 262 g/mol. The molecule has 2 atom stereocenters. The number of hydrogen-bond acceptors (Lipinski definition) is 2. The van der Waals surface area contributed by atoms with Crippen LogP contribution in [-0.4, -0.2) is 39.7 Å². The van der Waals surface area contributed by atoms with Crippen LogP contribution in [0.15, 0.2) is 18.3 Å². The van der Waals surface area contributed by atoms with Gasteiger partial charge in [-0.2, -0.15) is 0 Å². The maximum atomic E-state index is 12.6. The van der Waals surface area contributed by atoms with Gasteiger partial charge in [-0.1, -0.05) is 6.92 Å². The Morgan fingerprint density at radius 3 is 2.79 bits per heavy atom. The van der Waals surface area contributed by atoms with Crippen LogP contribution in [0.2, 0.25) is 0 Å². The molecule has 104 valence electrons. The second-order valence-corrected chi connectivity index (χ2v) is 5.97. The predicted octanol–water partition coefficient (Wildman–Crippen LogP) is 2.06. The molecule has 1 N–H and O–H groups in total. The maximum Gasteiger partial charge on any atom is 0.270 e. The topological polar surface area (TPSA) is 45.5 Å². The highest BCUT2D eigenvalue weighted by Crippen LogP contribution is 2.33. The molecule has 1 amide bonds. The number of likely N-dealkylation sites (tertiary alicyclic amines) is 1. The molecule has 4 nitrogen and oxygen atoms in total. The van der Waals surface area contributed by atoms with Crippen molar-refractivity contribution < 1.29 is 9.90 Å². The zero-order valence-corrected chi connectivity index (χ0v) is 11.5. The minimum atomic E-state index is -0.262. The Bertz CT molecular complexity index is 464. The average Bonchev–Trinajstić information content (AvgIpc) is 2.78. The van der Waals surface area contributed by atoms with Gasteiger partial charge in [-0.15, -0.1) is 0 Å². The second kappa shape index (κ2) is 5.00. The molecule has 1 saturated heterocycles. The lowest BCUT2D eigenvalue weighted by atomic mass is 9.92. The van der Waals surface area contributed by atoms with E-state index in [9.17, 15) is 9.90 Å². The van der Waals surface area contributed by atoms with Gasteiger partial charge in [-0.05, 0) is 43.7 Å². The number of aromatic nitrogens is 1. The number of nitrogens with zero attached hydrogens (tertiary/aromatic N) is 2. The molecule has 4 heteroatoms. The molecule has 1 saturated carbocycles. The molecule has 0 radical (unpaired) electrons. The largest absolute Gasteiger partial charge is 0.393 e. The first-order valence-corrected chi connectivity index (χ1v) is 7.31. The molecule has 1 aliphatic heterocycles. The molecule has 0 bridgehead atoms. The normalized spacial score (nSPS) is 28.2. The number of rotatable bonds is 2. The number of carbonyl (C=O) groups excluding carboxylic acids is 1. The van der Waals surface area contributed by atoms with Crippen molar-refractivity contribution in [1.29, 1.82) is 0 Å². The van der Waals surface area contributed by atoms with Gasteiger partial charge < -0.3 is 14.6 Å². The van der Waals surface area contributed by atoms with Gasteiger partial charge in [0.1, 0.15) is 5.69 Å². The van der Waals surface area contributed by atoms with Crippen LogP contribution in [0.25, 0.3) is 0 Å². The van der Waals surface area contributed by atoms with E-state index >= 15 is 0 Å². The van der Waals surface area contributed by atoms with Crippen LogP contribution >= 0.6 is 0 Å². The summed E-state index contributed by atoms with van der Waals surface area (Å²) in [6, 6.07) is 4.41. The SMILES string of the molecule is CC1CN(C(=O)c2cccn2C2CCC2)CCC1O. The van der Waals surface area contributed by atoms with Crippen LogP contribution < -0.4 is 0 Å². The first kappa shape index (κ1) is 12.7. The van der Waals surface area contributed by atoms with Gasteiger partial charge in [0.15, 0.2) is 0 Å². The molecule has 0 spiro atoms. The third-order valence-electron chi connectivity index (χ3n) is 4.61. The van der Waals surface area contributed by atoms with Gasteiger partial charge in [0.05, 0.1) is 6.10 Å². The van der Waals surface area contributed by atoms with Gasteiger partial charge in [0.2, 0.25) is 0 Å². The molecule has 1 aliphatic carbocycles. The Balaban J connectivity index is 1.75. The molecule has 2 aliphatic rings. The highest BCUT2D eigenvalue weighted by Gasteiger charge is 2.30. The van der Waals surface area contributed by atoms with Crippen LogP contribution in [0.1, 0.15) is 49.1 Å². The summed E-state index contributed by atoms with van der Waals surface area (Å²) < 4.78 is 2.14. The van der Waals surface area contributed by atoms with Gasteiger partial charge in [-0.25, -0.2) is 0 Å². The molecule has 0 aromatic carbocycles. The van der Waals surface area contributed by atoms with E-state index in [2.05, 4.69) is 4.57 Å². The average molecular weight is 262 g/mol. The number of amides is 1. The fourth-order valence-electron chi connectivity index (χ4n) is 3.04. The number of carbonyl (C=O) groups is 1. The summed E-state index contributed by atoms with van der Waals surface area (Å²) in [6.45, 7) is 3.34. The smallest absolute Gasteiger partial charge is 0.270 e. The van der Waals surface area contributed by atoms with E-state index in [0.717, 1.165) is 5.69 Å². The molecule has 2 unspecified atom stereocenters. The van der Waals surface area contributed by atoms with Crippen LogP contribution in [0.3, 0.4) is 0 Å². The summed E-state index contributed by atoms with van der Waals surface area (Å²) in [5, 5.41) is 9.75. The molecular formula is C15H22N2O2. The van der Waals surface area contributed by atoms with Crippen molar-refractivity contribution in [2.24, 2.45) is 5.92 Å². The third kappa shape index (κ3) is 2.29. The number of hydrogen-bond donors (Lipinski definition) is 1. The van der Waals surface area contributed by atoms with E-state index in [1.165, 1.54) is 19.3 Å². The fourth-order valence-corrected chi connectivity index (χ4v) is 3.04. The number of aliphatic hydroxyl groups is 1. The van der Waals surface area contributed by atoms with Gasteiger partial charge in [0, 0.05) is 25.3 Å². The Kier molecular flexibility index (Phi) is 3.35. The molecule has 19 heavy (non-hydrogen) atoms. The lowest BCUT2D eigenvalue weighted by Crippen LogP contribution is -2.45. The van der Waals surface area contributed by atoms with E-state index in [-0.39, 0.29) is 17.9 Å². The van der Waals surface area contributed by atoms with Crippen molar-refractivity contribution in [2.45, 2.75) is 44.8 Å². The van der Waals surface area contributed by atoms with E-state index in [4.69, 9.17) is 0 Å². The van der Waals surface area contributed by atoms with E-state index in [1.54, 1.807) is 0 Å². The lowest BCUT2D eigenvalue weighted by Gasteiger charge is -2.35. The molecular weight excluding hydrogens is 240 g/mol. The fraction of sp³-hybridized carbons (Fsp3) is 0.667. The number of aliphatic hydroxyl groups excluding tert-OH is 1. The first-order valence-electron chi connectivity index (χ1n) is 7.31. The molecule has 2 heterocycles.